The van der Waals surface area contributed by atoms with Crippen molar-refractivity contribution in [3.8, 4) is 0 Å². The number of phosphoric acid groups is 1. The van der Waals surface area contributed by atoms with E-state index in [1.165, 1.54) is 96.3 Å². The number of nitrogens with two attached hydrogens (primary N) is 1. The van der Waals surface area contributed by atoms with Crippen molar-refractivity contribution in [3.63, 3.8) is 0 Å². The molecule has 0 aromatic rings. The highest BCUT2D eigenvalue weighted by Crippen LogP contribution is 2.49. The summed E-state index contributed by atoms with van der Waals surface area (Å²) < 4.78 is 39.9. The van der Waals surface area contributed by atoms with Crippen LogP contribution in [0.15, 0.2) is 24.3 Å². The highest BCUT2D eigenvalue weighted by atomic mass is 31.2. The SMILES string of the molecule is CCCCCCCC/C=C/CCCCCCCC(=O)OCC(COP(=O)(OCC)OCCN)OC(=O)CCCCCCC/C=C/CCCCCCCC. The van der Waals surface area contributed by atoms with Crippen LogP contribution in [0.25, 0.3) is 0 Å². The lowest BCUT2D eigenvalue weighted by Crippen LogP contribution is -2.29. The van der Waals surface area contributed by atoms with Gasteiger partial charge in [-0.1, -0.05) is 141 Å². The molecule has 2 atom stereocenters. The molecular formula is C43H82NO8P. The number of ether oxygens (including phenoxy) is 2. The van der Waals surface area contributed by atoms with Gasteiger partial charge in [-0.05, 0) is 71.1 Å². The van der Waals surface area contributed by atoms with Crippen molar-refractivity contribution in [3.05, 3.63) is 24.3 Å². The Morgan fingerprint density at radius 2 is 0.943 bits per heavy atom. The van der Waals surface area contributed by atoms with E-state index in [-0.39, 0.29) is 45.4 Å². The molecule has 0 radical (unpaired) electrons. The van der Waals surface area contributed by atoms with Crippen LogP contribution >= 0.6 is 7.82 Å². The largest absolute Gasteiger partial charge is 0.474 e. The Balaban J connectivity index is 4.37. The van der Waals surface area contributed by atoms with E-state index in [4.69, 9.17) is 28.8 Å². The summed E-state index contributed by atoms with van der Waals surface area (Å²) >= 11 is 0. The van der Waals surface area contributed by atoms with E-state index in [2.05, 4.69) is 38.2 Å². The second-order valence-corrected chi connectivity index (χ2v) is 15.9. The molecule has 0 saturated heterocycles. The summed E-state index contributed by atoms with van der Waals surface area (Å²) in [6.07, 6.45) is 39.6. The molecule has 2 N–H and O–H groups in total. The van der Waals surface area contributed by atoms with Crippen LogP contribution in [0.1, 0.15) is 201 Å². The van der Waals surface area contributed by atoms with Gasteiger partial charge in [-0.25, -0.2) is 4.57 Å². The molecule has 0 aliphatic rings. The highest BCUT2D eigenvalue weighted by molar-refractivity contribution is 7.48. The summed E-state index contributed by atoms with van der Waals surface area (Å²) in [5.74, 6) is -0.757. The summed E-state index contributed by atoms with van der Waals surface area (Å²) in [5.41, 5.74) is 5.49. The molecule has 0 bridgehead atoms. The molecule has 9 nitrogen and oxygen atoms in total. The zero-order valence-electron chi connectivity index (χ0n) is 34.5. The molecule has 0 fully saturated rings. The van der Waals surface area contributed by atoms with Gasteiger partial charge in [-0.3, -0.25) is 23.2 Å². The Morgan fingerprint density at radius 3 is 1.38 bits per heavy atom. The standard InChI is InChI=1S/C43H82NO8P/c1-4-7-9-11-13-15-17-19-21-23-25-27-29-31-33-35-42(45)48-39-41(40-51-53(47,49-6-3)50-38-37-44)52-43(46)36-34-32-30-28-26-24-22-20-18-16-14-12-10-8-5-2/h19-22,41H,4-18,23-40,44H2,1-3H3/b21-19+,22-20+. The van der Waals surface area contributed by atoms with Crippen LogP contribution in [0.4, 0.5) is 0 Å². The van der Waals surface area contributed by atoms with E-state index in [1.807, 2.05) is 0 Å². The Hall–Kier alpha value is -1.51. The maximum absolute atomic E-state index is 12.9. The third-order valence-electron chi connectivity index (χ3n) is 9.09. The maximum atomic E-state index is 12.9. The quantitative estimate of drug-likeness (QED) is 0.0280. The molecule has 0 saturated carbocycles. The molecule has 53 heavy (non-hydrogen) atoms. The highest BCUT2D eigenvalue weighted by Gasteiger charge is 2.29. The maximum Gasteiger partial charge on any atom is 0.474 e. The zero-order valence-corrected chi connectivity index (χ0v) is 35.4. The minimum Gasteiger partial charge on any atom is -0.462 e. The van der Waals surface area contributed by atoms with Gasteiger partial charge in [0.05, 0.1) is 19.8 Å². The van der Waals surface area contributed by atoms with Crippen molar-refractivity contribution in [2.24, 2.45) is 5.73 Å². The molecule has 0 aliphatic carbocycles. The van der Waals surface area contributed by atoms with Crippen LogP contribution < -0.4 is 5.73 Å². The summed E-state index contributed by atoms with van der Waals surface area (Å²) in [7, 11) is -3.90. The fraction of sp³-hybridized carbons (Fsp3) is 0.860. The van der Waals surface area contributed by atoms with E-state index in [1.54, 1.807) is 6.92 Å². The minimum absolute atomic E-state index is 0.0118. The monoisotopic (exact) mass is 772 g/mol. The van der Waals surface area contributed by atoms with Crippen LogP contribution in [0.5, 0.6) is 0 Å². The molecule has 0 aromatic carbocycles. The summed E-state index contributed by atoms with van der Waals surface area (Å²) in [4.78, 5) is 25.2. The topological polar surface area (TPSA) is 123 Å². The second-order valence-electron chi connectivity index (χ2n) is 14.2. The van der Waals surface area contributed by atoms with E-state index in [9.17, 15) is 14.2 Å². The van der Waals surface area contributed by atoms with Gasteiger partial charge in [0.25, 0.3) is 0 Å². The van der Waals surface area contributed by atoms with E-state index in [0.29, 0.717) is 12.8 Å². The number of rotatable bonds is 41. The third kappa shape index (κ3) is 37.2. The van der Waals surface area contributed by atoms with Crippen molar-refractivity contribution in [2.45, 2.75) is 207 Å². The van der Waals surface area contributed by atoms with Gasteiger partial charge in [0.15, 0.2) is 6.10 Å². The Labute approximate surface area is 325 Å². The number of esters is 2. The molecule has 0 rings (SSSR count). The lowest BCUT2D eigenvalue weighted by molar-refractivity contribution is -0.161. The number of carbonyl (C=O) groups excluding carboxylic acids is 2. The number of hydrogen-bond donors (Lipinski definition) is 1. The molecule has 2 unspecified atom stereocenters. The average molecular weight is 772 g/mol. The van der Waals surface area contributed by atoms with Gasteiger partial charge in [-0.15, -0.1) is 0 Å². The molecule has 0 spiro atoms. The van der Waals surface area contributed by atoms with E-state index < -0.39 is 19.9 Å². The second kappa shape index (κ2) is 40.2. The van der Waals surface area contributed by atoms with Crippen LogP contribution in [0.3, 0.4) is 0 Å². The molecule has 10 heteroatoms. The van der Waals surface area contributed by atoms with Crippen LogP contribution in [-0.4, -0.2) is 51.0 Å². The smallest absolute Gasteiger partial charge is 0.462 e. The first-order chi connectivity index (χ1) is 25.9. The van der Waals surface area contributed by atoms with Crippen molar-refractivity contribution in [1.29, 1.82) is 0 Å². The summed E-state index contributed by atoms with van der Waals surface area (Å²) in [6, 6.07) is 0. The molecule has 312 valence electrons. The lowest BCUT2D eigenvalue weighted by Gasteiger charge is -2.22. The van der Waals surface area contributed by atoms with Crippen molar-refractivity contribution in [1.82, 2.24) is 0 Å². The molecule has 0 amide bonds. The molecule has 0 heterocycles. The first kappa shape index (κ1) is 51.5. The van der Waals surface area contributed by atoms with Crippen molar-refractivity contribution in [2.75, 3.05) is 33.0 Å². The van der Waals surface area contributed by atoms with Gasteiger partial charge < -0.3 is 15.2 Å². The fourth-order valence-corrected chi connectivity index (χ4v) is 7.13. The molecular weight excluding hydrogens is 689 g/mol. The van der Waals surface area contributed by atoms with Gasteiger partial charge >= 0.3 is 19.8 Å². The van der Waals surface area contributed by atoms with E-state index in [0.717, 1.165) is 64.2 Å². The van der Waals surface area contributed by atoms with Crippen molar-refractivity contribution >= 4 is 19.8 Å². The number of unbranched alkanes of at least 4 members (excludes halogenated alkanes) is 22. The normalized spacial score (nSPS) is 13.5. The minimum atomic E-state index is -3.90. The van der Waals surface area contributed by atoms with Crippen LogP contribution in [-0.2, 0) is 37.2 Å². The Bertz CT molecular complexity index is 928. The predicted octanol–water partition coefficient (Wildman–Crippen LogP) is 12.7. The predicted molar refractivity (Wildman–Crippen MR) is 220 cm³/mol. The number of carbonyl (C=O) groups is 2. The first-order valence-electron chi connectivity index (χ1n) is 21.8. The van der Waals surface area contributed by atoms with Crippen LogP contribution in [0.2, 0.25) is 0 Å². The lowest BCUT2D eigenvalue weighted by atomic mass is 10.1. The van der Waals surface area contributed by atoms with Crippen molar-refractivity contribution < 1.29 is 37.2 Å². The van der Waals surface area contributed by atoms with Gasteiger partial charge in [0.1, 0.15) is 6.61 Å². The number of allylic oxidation sites excluding steroid dienone is 4. The zero-order chi connectivity index (χ0) is 38.9. The molecule has 0 aromatic heterocycles. The number of phosphoric ester groups is 1. The Morgan fingerprint density at radius 1 is 0.528 bits per heavy atom. The van der Waals surface area contributed by atoms with Crippen LogP contribution in [0, 0.1) is 0 Å². The fourth-order valence-electron chi connectivity index (χ4n) is 5.91. The van der Waals surface area contributed by atoms with E-state index >= 15 is 0 Å². The average Bonchev–Trinajstić information content (AvgIpc) is 3.15. The van der Waals surface area contributed by atoms with Gasteiger partial charge in [0.2, 0.25) is 0 Å². The first-order valence-corrected chi connectivity index (χ1v) is 23.3. The van der Waals surface area contributed by atoms with Gasteiger partial charge in [0, 0.05) is 19.4 Å². The summed E-state index contributed by atoms with van der Waals surface area (Å²) in [5, 5.41) is 0. The summed E-state index contributed by atoms with van der Waals surface area (Å²) in [6.45, 7) is 5.93. The molecule has 0 aliphatic heterocycles. The number of hydrogen-bond acceptors (Lipinski definition) is 9. The van der Waals surface area contributed by atoms with Gasteiger partial charge in [-0.2, -0.15) is 0 Å². The Kier molecular flexibility index (Phi) is 39.0. The third-order valence-corrected chi connectivity index (χ3v) is 10.6.